The van der Waals surface area contributed by atoms with Crippen molar-refractivity contribution in [1.82, 2.24) is 0 Å². The third kappa shape index (κ3) is 6.10. The second kappa shape index (κ2) is 15.2. The molecule has 0 fully saturated rings. The summed E-state index contributed by atoms with van der Waals surface area (Å²) in [5.74, 6) is 1.68. The molecule has 0 spiro atoms. The highest BCUT2D eigenvalue weighted by Gasteiger charge is 2.46. The number of benzene rings is 10. The van der Waals surface area contributed by atoms with Gasteiger partial charge in [0.2, 0.25) is 0 Å². The monoisotopic (exact) mass is 824 g/mol. The number of para-hydroxylation sites is 5. The van der Waals surface area contributed by atoms with Gasteiger partial charge >= 0.3 is 0 Å². The average Bonchev–Trinajstić information content (AvgIpc) is 3.72. The molecular formula is C59H40N2OS. The molecule has 3 nitrogen and oxygen atoms in total. The minimum atomic E-state index is -0.795. The van der Waals surface area contributed by atoms with E-state index >= 15 is 0 Å². The number of hydrogen-bond acceptors (Lipinski definition) is 4. The molecule has 63 heavy (non-hydrogen) atoms. The molecule has 0 radical (unpaired) electrons. The van der Waals surface area contributed by atoms with Crippen molar-refractivity contribution in [3.8, 4) is 11.5 Å². The van der Waals surface area contributed by atoms with Crippen LogP contribution in [0.1, 0.15) is 22.3 Å². The Morgan fingerprint density at radius 1 is 0.333 bits per heavy atom. The lowest BCUT2D eigenvalue weighted by atomic mass is 9.63. The van der Waals surface area contributed by atoms with Crippen LogP contribution < -0.4 is 14.5 Å². The predicted octanol–water partition coefficient (Wildman–Crippen LogP) is 16.6. The van der Waals surface area contributed by atoms with Crippen LogP contribution in [0.25, 0.3) is 30.9 Å². The number of rotatable bonds is 8. The molecule has 298 valence electrons. The maximum atomic E-state index is 6.84. The van der Waals surface area contributed by atoms with Crippen molar-refractivity contribution >= 4 is 76.4 Å². The molecule has 0 N–H and O–H groups in total. The molecule has 0 aliphatic carbocycles. The number of fused-ring (bicyclic) bond motifs is 6. The minimum absolute atomic E-state index is 0.795. The summed E-state index contributed by atoms with van der Waals surface area (Å²) in [6, 6.07) is 87.8. The molecule has 0 bridgehead atoms. The van der Waals surface area contributed by atoms with E-state index in [0.717, 1.165) is 73.3 Å². The SMILES string of the molecule is c1ccc(N(c2cccc(C3(c4cc(N(c5ccccc5)c5ccccc5)c5ccccc5c4)c4ccccc4Oc4ccccc43)c2)c2ccc3c(c2)sc2ccccc23)cc1. The molecule has 0 saturated heterocycles. The fraction of sp³-hybridized carbons (Fsp3) is 0.0169. The molecule has 1 aliphatic rings. The molecule has 0 atom stereocenters. The van der Waals surface area contributed by atoms with Gasteiger partial charge in [0.1, 0.15) is 11.5 Å². The van der Waals surface area contributed by atoms with Crippen molar-refractivity contribution in [2.24, 2.45) is 0 Å². The van der Waals surface area contributed by atoms with Gasteiger partial charge in [-0.05, 0) is 108 Å². The quantitative estimate of drug-likeness (QED) is 0.152. The maximum Gasteiger partial charge on any atom is 0.132 e. The van der Waals surface area contributed by atoms with Crippen molar-refractivity contribution in [2.75, 3.05) is 9.80 Å². The van der Waals surface area contributed by atoms with E-state index < -0.39 is 5.41 Å². The lowest BCUT2D eigenvalue weighted by Gasteiger charge is -2.42. The third-order valence-corrected chi connectivity index (χ3v) is 13.7. The Hall–Kier alpha value is -7.92. The number of ether oxygens (including phenoxy) is 1. The highest BCUT2D eigenvalue weighted by atomic mass is 32.1. The second-order valence-electron chi connectivity index (χ2n) is 16.1. The van der Waals surface area contributed by atoms with Gasteiger partial charge < -0.3 is 14.5 Å². The van der Waals surface area contributed by atoms with Crippen molar-refractivity contribution < 1.29 is 4.74 Å². The van der Waals surface area contributed by atoms with E-state index in [1.165, 1.54) is 25.6 Å². The van der Waals surface area contributed by atoms with E-state index in [-0.39, 0.29) is 0 Å². The van der Waals surface area contributed by atoms with Gasteiger partial charge in [0.15, 0.2) is 0 Å². The highest BCUT2D eigenvalue weighted by molar-refractivity contribution is 7.25. The molecular weight excluding hydrogens is 785 g/mol. The van der Waals surface area contributed by atoms with Crippen LogP contribution in [-0.2, 0) is 5.41 Å². The number of anilines is 6. The first-order valence-corrected chi connectivity index (χ1v) is 22.2. The first-order chi connectivity index (χ1) is 31.2. The van der Waals surface area contributed by atoms with E-state index in [2.05, 4.69) is 252 Å². The highest BCUT2D eigenvalue weighted by Crippen LogP contribution is 2.57. The Morgan fingerprint density at radius 3 is 1.54 bits per heavy atom. The number of hydrogen-bond donors (Lipinski definition) is 0. The Balaban J connectivity index is 1.15. The fourth-order valence-electron chi connectivity index (χ4n) is 9.81. The van der Waals surface area contributed by atoms with Gasteiger partial charge in [-0.25, -0.2) is 0 Å². The van der Waals surface area contributed by atoms with Crippen molar-refractivity contribution in [3.05, 3.63) is 265 Å². The van der Waals surface area contributed by atoms with Crippen LogP contribution in [0.4, 0.5) is 34.1 Å². The van der Waals surface area contributed by atoms with Crippen molar-refractivity contribution in [3.63, 3.8) is 0 Å². The molecule has 1 aromatic heterocycles. The first kappa shape index (κ1) is 36.9. The summed E-state index contributed by atoms with van der Waals surface area (Å²) in [7, 11) is 0. The summed E-state index contributed by atoms with van der Waals surface area (Å²) in [6.45, 7) is 0. The van der Waals surface area contributed by atoms with Gasteiger partial charge in [0.05, 0.1) is 11.1 Å². The van der Waals surface area contributed by atoms with Gasteiger partial charge in [-0.3, -0.25) is 0 Å². The van der Waals surface area contributed by atoms with Gasteiger partial charge in [-0.15, -0.1) is 11.3 Å². The van der Waals surface area contributed by atoms with Crippen LogP contribution in [0.2, 0.25) is 0 Å². The molecule has 1 aliphatic heterocycles. The zero-order valence-electron chi connectivity index (χ0n) is 34.3. The van der Waals surface area contributed by atoms with Crippen LogP contribution >= 0.6 is 11.3 Å². The summed E-state index contributed by atoms with van der Waals surface area (Å²) in [6.07, 6.45) is 0. The van der Waals surface area contributed by atoms with E-state index in [4.69, 9.17) is 4.74 Å². The Labute approximate surface area is 371 Å². The third-order valence-electron chi connectivity index (χ3n) is 12.5. The lowest BCUT2D eigenvalue weighted by molar-refractivity contribution is 0.434. The molecule has 0 amide bonds. The normalized spacial score (nSPS) is 12.7. The minimum Gasteiger partial charge on any atom is -0.457 e. The molecule has 0 unspecified atom stereocenters. The molecule has 4 heteroatoms. The number of nitrogens with zero attached hydrogens (tertiary/aromatic N) is 2. The second-order valence-corrected chi connectivity index (χ2v) is 17.2. The van der Waals surface area contributed by atoms with Gasteiger partial charge in [0.25, 0.3) is 0 Å². The van der Waals surface area contributed by atoms with Crippen molar-refractivity contribution in [2.45, 2.75) is 5.41 Å². The molecule has 10 aromatic carbocycles. The van der Waals surface area contributed by atoms with Gasteiger partial charge in [0, 0.05) is 65.1 Å². The number of thiophene rings is 1. The van der Waals surface area contributed by atoms with Crippen LogP contribution in [0.15, 0.2) is 243 Å². The Bertz CT molecular complexity index is 3370. The summed E-state index contributed by atoms with van der Waals surface area (Å²) >= 11 is 1.85. The fourth-order valence-corrected chi connectivity index (χ4v) is 11.0. The topological polar surface area (TPSA) is 15.7 Å². The predicted molar refractivity (Wildman–Crippen MR) is 265 cm³/mol. The van der Waals surface area contributed by atoms with E-state index in [1.807, 2.05) is 11.3 Å². The van der Waals surface area contributed by atoms with E-state index in [0.29, 0.717) is 0 Å². The van der Waals surface area contributed by atoms with Crippen molar-refractivity contribution in [1.29, 1.82) is 0 Å². The smallest absolute Gasteiger partial charge is 0.132 e. The van der Waals surface area contributed by atoms with Crippen LogP contribution in [0.3, 0.4) is 0 Å². The summed E-state index contributed by atoms with van der Waals surface area (Å²) in [4.78, 5) is 4.80. The summed E-state index contributed by atoms with van der Waals surface area (Å²) < 4.78 is 9.40. The summed E-state index contributed by atoms with van der Waals surface area (Å²) in [5.41, 5.74) is 10.2. The molecule has 2 heterocycles. The maximum absolute atomic E-state index is 6.84. The molecule has 12 rings (SSSR count). The van der Waals surface area contributed by atoms with E-state index in [9.17, 15) is 0 Å². The van der Waals surface area contributed by atoms with Crippen LogP contribution in [0, 0.1) is 0 Å². The van der Waals surface area contributed by atoms with Gasteiger partial charge in [-0.1, -0.05) is 152 Å². The zero-order valence-corrected chi connectivity index (χ0v) is 35.1. The van der Waals surface area contributed by atoms with E-state index in [1.54, 1.807) is 0 Å². The summed E-state index contributed by atoms with van der Waals surface area (Å²) in [5, 5.41) is 4.89. The van der Waals surface area contributed by atoms with Crippen LogP contribution in [0.5, 0.6) is 11.5 Å². The first-order valence-electron chi connectivity index (χ1n) is 21.4. The molecule has 11 aromatic rings. The average molecular weight is 825 g/mol. The molecule has 0 saturated carbocycles. The lowest BCUT2D eigenvalue weighted by Crippen LogP contribution is -2.34. The Kier molecular flexibility index (Phi) is 8.91. The zero-order chi connectivity index (χ0) is 41.7. The standard InChI is InChI=1S/C59H40N2OS/c1-4-21-44(22-5-1)60(48-35-36-51-50-29-12-17-34-57(50)63-58(51)40-48)47-27-18-20-42(38-47)59(52-30-13-15-32-55(52)62-56-33-16-14-31-53(56)59)43-37-41-19-10-11-28-49(41)54(39-43)61(45-23-6-2-7-24-45)46-25-8-3-9-26-46/h1-40H. The largest absolute Gasteiger partial charge is 0.457 e. The Morgan fingerprint density at radius 2 is 0.857 bits per heavy atom. The van der Waals surface area contributed by atoms with Crippen LogP contribution in [-0.4, -0.2) is 0 Å². The van der Waals surface area contributed by atoms with Gasteiger partial charge in [-0.2, -0.15) is 0 Å².